The zero-order valence-electron chi connectivity index (χ0n) is 18.3. The summed E-state index contributed by atoms with van der Waals surface area (Å²) >= 11 is 0. The number of hydrogen-bond acceptors (Lipinski definition) is 0. The van der Waals surface area contributed by atoms with Gasteiger partial charge in [0.15, 0.2) is 0 Å². The summed E-state index contributed by atoms with van der Waals surface area (Å²) in [6, 6.07) is 18.2. The van der Waals surface area contributed by atoms with Gasteiger partial charge in [0.05, 0.1) is 0 Å². The molecule has 0 aliphatic heterocycles. The molecule has 0 spiro atoms. The molecule has 0 bridgehead atoms. The molecule has 0 nitrogen and oxygen atoms in total. The monoisotopic (exact) mass is 370 g/mol. The molecular formula is C28H34. The molecule has 0 heteroatoms. The van der Waals surface area contributed by atoms with Crippen LogP contribution in [0.5, 0.6) is 0 Å². The number of allylic oxidation sites excluding steroid dienone is 5. The molecule has 0 N–H and O–H groups in total. The molecule has 146 valence electrons. The summed E-state index contributed by atoms with van der Waals surface area (Å²) in [5.41, 5.74) is 9.36. The maximum absolute atomic E-state index is 4.26. The van der Waals surface area contributed by atoms with E-state index in [1.165, 1.54) is 33.4 Å². The zero-order chi connectivity index (χ0) is 20.5. The molecular weight excluding hydrogens is 336 g/mol. The average Bonchev–Trinajstić information content (AvgIpc) is 2.68. The first-order valence-corrected chi connectivity index (χ1v) is 10.5. The van der Waals surface area contributed by atoms with Crippen LogP contribution in [0.3, 0.4) is 0 Å². The molecule has 2 aromatic rings. The molecule has 0 saturated carbocycles. The van der Waals surface area contributed by atoms with E-state index in [0.29, 0.717) is 11.8 Å². The van der Waals surface area contributed by atoms with E-state index < -0.39 is 0 Å². The van der Waals surface area contributed by atoms with E-state index in [1.54, 1.807) is 0 Å². The standard InChI is InChI=1S/C28H34/c1-19(2)22-10-8-12-24(16-22)27-18-28(7,15-14-26(27)21(5)6)25-13-9-11-23(17-25)20(3)4/h8-17,19-20H,5,18H2,1-4,6-7H3. The lowest BCUT2D eigenvalue weighted by Crippen LogP contribution is -2.23. The van der Waals surface area contributed by atoms with E-state index in [0.717, 1.165) is 12.0 Å². The maximum Gasteiger partial charge on any atom is 0.0148 e. The normalized spacial score (nSPS) is 19.6. The van der Waals surface area contributed by atoms with Crippen molar-refractivity contribution in [1.29, 1.82) is 0 Å². The molecule has 0 radical (unpaired) electrons. The molecule has 0 saturated heterocycles. The van der Waals surface area contributed by atoms with Crippen molar-refractivity contribution in [2.45, 2.75) is 65.2 Å². The van der Waals surface area contributed by atoms with Crippen LogP contribution in [0.1, 0.15) is 82.1 Å². The second kappa shape index (κ2) is 7.95. The smallest absolute Gasteiger partial charge is 0.0148 e. The predicted molar refractivity (Wildman–Crippen MR) is 124 cm³/mol. The highest BCUT2D eigenvalue weighted by Crippen LogP contribution is 2.43. The topological polar surface area (TPSA) is 0 Å². The molecule has 0 amide bonds. The van der Waals surface area contributed by atoms with Gasteiger partial charge in [0.25, 0.3) is 0 Å². The molecule has 0 aromatic heterocycles. The van der Waals surface area contributed by atoms with Crippen LogP contribution in [0.4, 0.5) is 0 Å². The van der Waals surface area contributed by atoms with Gasteiger partial charge in [0.1, 0.15) is 0 Å². The fourth-order valence-electron chi connectivity index (χ4n) is 4.08. The van der Waals surface area contributed by atoms with Crippen molar-refractivity contribution in [2.75, 3.05) is 0 Å². The van der Waals surface area contributed by atoms with Crippen molar-refractivity contribution in [3.63, 3.8) is 0 Å². The average molecular weight is 371 g/mol. The van der Waals surface area contributed by atoms with Crippen LogP contribution < -0.4 is 0 Å². The minimum Gasteiger partial charge on any atom is -0.0955 e. The molecule has 0 heterocycles. The number of rotatable bonds is 5. The SMILES string of the molecule is C=C(C)C1=C(c2cccc(C(C)C)c2)CC(C)(c2cccc(C(C)C)c2)C=C1. The Hall–Kier alpha value is -2.34. The molecule has 2 aromatic carbocycles. The van der Waals surface area contributed by atoms with Crippen LogP contribution in [-0.4, -0.2) is 0 Å². The lowest BCUT2D eigenvalue weighted by molar-refractivity contribution is 0.605. The van der Waals surface area contributed by atoms with Crippen molar-refractivity contribution in [3.8, 4) is 0 Å². The van der Waals surface area contributed by atoms with Gasteiger partial charge in [0.2, 0.25) is 0 Å². The van der Waals surface area contributed by atoms with Crippen LogP contribution in [0.15, 0.2) is 78.4 Å². The summed E-state index contributed by atoms with van der Waals surface area (Å²) in [7, 11) is 0. The third-order valence-electron chi connectivity index (χ3n) is 6.06. The summed E-state index contributed by atoms with van der Waals surface area (Å²) in [5.74, 6) is 1.07. The minimum atomic E-state index is -0.00693. The van der Waals surface area contributed by atoms with Crippen LogP contribution in [-0.2, 0) is 5.41 Å². The Bertz CT molecular complexity index is 936. The van der Waals surface area contributed by atoms with Crippen molar-refractivity contribution in [2.24, 2.45) is 0 Å². The molecule has 3 rings (SSSR count). The lowest BCUT2D eigenvalue weighted by atomic mass is 9.70. The van der Waals surface area contributed by atoms with Crippen molar-refractivity contribution in [3.05, 3.63) is 101 Å². The van der Waals surface area contributed by atoms with E-state index in [4.69, 9.17) is 0 Å². The van der Waals surface area contributed by atoms with Gasteiger partial charge in [-0.05, 0) is 58.6 Å². The van der Waals surface area contributed by atoms with Gasteiger partial charge < -0.3 is 0 Å². The maximum atomic E-state index is 4.26. The summed E-state index contributed by atoms with van der Waals surface area (Å²) in [4.78, 5) is 0. The van der Waals surface area contributed by atoms with Gasteiger partial charge >= 0.3 is 0 Å². The number of hydrogen-bond donors (Lipinski definition) is 0. The minimum absolute atomic E-state index is 0.00693. The van der Waals surface area contributed by atoms with E-state index in [9.17, 15) is 0 Å². The highest BCUT2D eigenvalue weighted by Gasteiger charge is 2.30. The van der Waals surface area contributed by atoms with Gasteiger partial charge in [-0.15, -0.1) is 0 Å². The highest BCUT2D eigenvalue weighted by atomic mass is 14.3. The van der Waals surface area contributed by atoms with Crippen molar-refractivity contribution >= 4 is 5.57 Å². The van der Waals surface area contributed by atoms with Crippen LogP contribution in [0.25, 0.3) is 5.57 Å². The molecule has 1 aliphatic carbocycles. The first-order chi connectivity index (χ1) is 13.2. The molecule has 1 unspecified atom stereocenters. The quantitative estimate of drug-likeness (QED) is 0.498. The van der Waals surface area contributed by atoms with E-state index >= 15 is 0 Å². The third kappa shape index (κ3) is 4.07. The van der Waals surface area contributed by atoms with E-state index in [-0.39, 0.29) is 5.41 Å². The lowest BCUT2D eigenvalue weighted by Gasteiger charge is -2.34. The largest absolute Gasteiger partial charge is 0.0955 e. The fourth-order valence-corrected chi connectivity index (χ4v) is 4.08. The molecule has 0 fully saturated rings. The third-order valence-corrected chi connectivity index (χ3v) is 6.06. The molecule has 1 aliphatic rings. The van der Waals surface area contributed by atoms with Crippen LogP contribution in [0, 0.1) is 0 Å². The van der Waals surface area contributed by atoms with Crippen LogP contribution in [0.2, 0.25) is 0 Å². The fraction of sp³-hybridized carbons (Fsp3) is 0.357. The zero-order valence-corrected chi connectivity index (χ0v) is 18.3. The van der Waals surface area contributed by atoms with Crippen molar-refractivity contribution < 1.29 is 0 Å². The Kier molecular flexibility index (Phi) is 5.79. The van der Waals surface area contributed by atoms with Gasteiger partial charge in [0, 0.05) is 5.41 Å². The first-order valence-electron chi connectivity index (χ1n) is 10.5. The van der Waals surface area contributed by atoms with Gasteiger partial charge in [-0.2, -0.15) is 0 Å². The summed E-state index contributed by atoms with van der Waals surface area (Å²) in [5, 5.41) is 0. The Morgan fingerprint density at radius 3 is 2.14 bits per heavy atom. The summed E-state index contributed by atoms with van der Waals surface area (Å²) in [6.07, 6.45) is 5.67. The van der Waals surface area contributed by atoms with Gasteiger partial charge in [-0.1, -0.05) is 107 Å². The van der Waals surface area contributed by atoms with Gasteiger partial charge in [-0.25, -0.2) is 0 Å². The number of benzene rings is 2. The Morgan fingerprint density at radius 1 is 0.929 bits per heavy atom. The molecule has 1 atom stereocenters. The second-order valence-corrected chi connectivity index (χ2v) is 9.16. The van der Waals surface area contributed by atoms with E-state index in [1.807, 2.05) is 0 Å². The van der Waals surface area contributed by atoms with Gasteiger partial charge in [-0.3, -0.25) is 0 Å². The Labute approximate surface area is 171 Å². The molecule has 28 heavy (non-hydrogen) atoms. The van der Waals surface area contributed by atoms with Crippen molar-refractivity contribution in [1.82, 2.24) is 0 Å². The summed E-state index contributed by atoms with van der Waals surface area (Å²) in [6.45, 7) is 17.8. The first kappa shape index (κ1) is 20.4. The Balaban J connectivity index is 2.08. The Morgan fingerprint density at radius 2 is 1.54 bits per heavy atom. The predicted octanol–water partition coefficient (Wildman–Crippen LogP) is 8.18. The highest BCUT2D eigenvalue weighted by molar-refractivity contribution is 5.78. The second-order valence-electron chi connectivity index (χ2n) is 9.16. The van der Waals surface area contributed by atoms with Crippen LogP contribution >= 0.6 is 0 Å². The summed E-state index contributed by atoms with van der Waals surface area (Å²) < 4.78 is 0. The van der Waals surface area contributed by atoms with E-state index in [2.05, 4.69) is 109 Å².